The minimum absolute atomic E-state index is 0.153. The van der Waals surface area contributed by atoms with E-state index in [0.29, 0.717) is 51.8 Å². The molecule has 0 radical (unpaired) electrons. The number of hydrogen-bond donors (Lipinski definition) is 0. The molecule has 338 valence electrons. The Morgan fingerprint density at radius 2 is 0.986 bits per heavy atom. The minimum atomic E-state index is -1.35. The van der Waals surface area contributed by atoms with Crippen molar-refractivity contribution in [3.63, 3.8) is 0 Å². The van der Waals surface area contributed by atoms with Crippen molar-refractivity contribution in [2.75, 3.05) is 16.3 Å². The van der Waals surface area contributed by atoms with Crippen LogP contribution in [0.4, 0.5) is 22.7 Å². The summed E-state index contributed by atoms with van der Waals surface area (Å²) in [6.07, 6.45) is 0.700. The van der Waals surface area contributed by atoms with Gasteiger partial charge in [-0.1, -0.05) is 137 Å². The highest BCUT2D eigenvalue weighted by atomic mass is 16.5. The van der Waals surface area contributed by atoms with Crippen molar-refractivity contribution in [3.8, 4) is 57.4 Å². The lowest BCUT2D eigenvalue weighted by molar-refractivity contribution is 0.432. The van der Waals surface area contributed by atoms with Gasteiger partial charge in [-0.3, -0.25) is 0 Å². The van der Waals surface area contributed by atoms with Crippen molar-refractivity contribution in [1.82, 2.24) is 0 Å². The monoisotopic (exact) mass is 910 g/mol. The number of fused-ring (bicyclic) bond motifs is 10. The van der Waals surface area contributed by atoms with E-state index >= 15 is 0 Å². The number of nitriles is 2. The molecule has 4 heterocycles. The normalized spacial score (nSPS) is 14.1. The van der Waals surface area contributed by atoms with E-state index < -0.39 is 11.0 Å². The molecule has 2 aromatic heterocycles. The summed E-state index contributed by atoms with van der Waals surface area (Å²) >= 11 is 0. The summed E-state index contributed by atoms with van der Waals surface area (Å²) in [7, 11) is 0. The van der Waals surface area contributed by atoms with Crippen molar-refractivity contribution in [2.45, 2.75) is 39.7 Å². The zero-order valence-corrected chi connectivity index (χ0v) is 39.2. The van der Waals surface area contributed by atoms with Gasteiger partial charge < -0.3 is 28.1 Å². The van der Waals surface area contributed by atoms with Gasteiger partial charge >= 0.3 is 0 Å². The summed E-state index contributed by atoms with van der Waals surface area (Å²) in [4.78, 5) is 4.45. The van der Waals surface area contributed by atoms with Gasteiger partial charge in [0.25, 0.3) is 0 Å². The smallest absolute Gasteiger partial charge is 0.154 e. The van der Waals surface area contributed by atoms with Gasteiger partial charge in [0.05, 0.1) is 52.0 Å². The van der Waals surface area contributed by atoms with Crippen LogP contribution in [0.5, 0.6) is 23.0 Å². The lowest BCUT2D eigenvalue weighted by Gasteiger charge is -2.49. The van der Waals surface area contributed by atoms with Crippen LogP contribution in [0.15, 0.2) is 202 Å². The Bertz CT molecular complexity index is 3910. The van der Waals surface area contributed by atoms with Crippen LogP contribution in [0.25, 0.3) is 66.1 Å². The third-order valence-electron chi connectivity index (χ3n) is 14.5. The lowest BCUT2D eigenvalue weighted by atomic mass is 9.74. The third-order valence-corrected chi connectivity index (χ3v) is 14.5. The maximum absolute atomic E-state index is 11.9. The van der Waals surface area contributed by atoms with Crippen molar-refractivity contribution in [1.29, 1.82) is 10.5 Å². The quantitative estimate of drug-likeness (QED) is 0.104. The average molecular weight is 911 g/mol. The number of rotatable bonds is 9. The Labute approximate surface area is 405 Å². The molecule has 2 aliphatic heterocycles. The average Bonchev–Trinajstić information content (AvgIpc) is 3.95. The highest BCUT2D eigenvalue weighted by molar-refractivity contribution is 6.09. The Kier molecular flexibility index (Phi) is 9.74. The number of allylic oxidation sites excluding steroid dienone is 2. The largest absolute Gasteiger partial charge is 0.456 e. The first kappa shape index (κ1) is 42.4. The van der Waals surface area contributed by atoms with E-state index in [1.165, 1.54) is 0 Å². The molecular weight excluding hydrogens is 865 g/mol. The highest BCUT2D eigenvalue weighted by Gasteiger charge is 2.47. The number of para-hydroxylation sites is 2. The van der Waals surface area contributed by atoms with E-state index in [1.54, 1.807) is 0 Å². The van der Waals surface area contributed by atoms with Crippen LogP contribution in [0.3, 0.4) is 0 Å². The molecular formula is C62H46N4O4. The van der Waals surface area contributed by atoms with Crippen molar-refractivity contribution >= 4 is 66.6 Å². The second-order valence-corrected chi connectivity index (χ2v) is 19.0. The molecule has 0 saturated carbocycles. The van der Waals surface area contributed by atoms with Crippen molar-refractivity contribution in [3.05, 3.63) is 193 Å². The van der Waals surface area contributed by atoms with E-state index in [4.69, 9.17) is 18.3 Å². The van der Waals surface area contributed by atoms with E-state index in [9.17, 15) is 10.5 Å². The number of anilines is 4. The molecule has 0 amide bonds. The Morgan fingerprint density at radius 3 is 1.53 bits per heavy atom. The summed E-state index contributed by atoms with van der Waals surface area (Å²) in [6.45, 7) is 13.0. The van der Waals surface area contributed by atoms with Crippen LogP contribution < -0.4 is 19.3 Å². The number of hydrogen-bond acceptors (Lipinski definition) is 8. The molecule has 0 fully saturated rings. The topological polar surface area (TPSA) is 98.8 Å². The van der Waals surface area contributed by atoms with Gasteiger partial charge in [0.1, 0.15) is 28.4 Å². The molecule has 0 saturated heterocycles. The summed E-state index contributed by atoms with van der Waals surface area (Å²) in [6, 6.07) is 62.2. The maximum atomic E-state index is 11.9. The third kappa shape index (κ3) is 6.64. The molecule has 0 spiro atoms. The fourth-order valence-electron chi connectivity index (χ4n) is 10.3. The van der Waals surface area contributed by atoms with Crippen LogP contribution >= 0.6 is 0 Å². The van der Waals surface area contributed by atoms with Gasteiger partial charge in [0, 0.05) is 33.7 Å². The van der Waals surface area contributed by atoms with Crippen LogP contribution in [-0.2, 0) is 0 Å². The summed E-state index contributed by atoms with van der Waals surface area (Å²) in [5, 5.41) is 27.1. The molecule has 1 unspecified atom stereocenters. The first-order chi connectivity index (χ1) is 34.1. The van der Waals surface area contributed by atoms with Gasteiger partial charge in [-0.2, -0.15) is 10.5 Å². The summed E-state index contributed by atoms with van der Waals surface area (Å²) < 4.78 is 26.9. The molecule has 12 rings (SSSR count). The van der Waals surface area contributed by atoms with E-state index in [2.05, 4.69) is 141 Å². The zero-order valence-electron chi connectivity index (χ0n) is 39.2. The standard InChI is InChI=1S/C62H46N4O4/c1-6-61(3,4)38(2)47(35-63)48(36-64)62(5,66-50-28-26-42(40-19-11-8-12-20-40)30-58(50)70-60-34-56-46(32-52(60)66)44-22-14-16-24-54(44)68-56)37-65-49-27-25-41(39-17-9-7-10-18-39)29-57(49)69-59-33-55-45(31-51(59)65)43-21-13-15-23-53(43)67-55/h7-34H,2,6,37H2,1,3-5H3/b48-47-. The fraction of sp³-hybridized carbons (Fsp3) is 0.129. The summed E-state index contributed by atoms with van der Waals surface area (Å²) in [5.74, 6) is 2.35. The molecule has 8 heteroatoms. The molecule has 1 atom stereocenters. The van der Waals surface area contributed by atoms with Crippen LogP contribution in [0, 0.1) is 28.1 Å². The Morgan fingerprint density at radius 1 is 0.500 bits per heavy atom. The first-order valence-corrected chi connectivity index (χ1v) is 23.5. The molecule has 0 bridgehead atoms. The molecule has 2 aliphatic rings. The van der Waals surface area contributed by atoms with Gasteiger partial charge in [-0.25, -0.2) is 0 Å². The van der Waals surface area contributed by atoms with Crippen LogP contribution in [0.2, 0.25) is 0 Å². The molecule has 0 N–H and O–H groups in total. The molecule has 8 nitrogen and oxygen atoms in total. The predicted molar refractivity (Wildman–Crippen MR) is 280 cm³/mol. The molecule has 0 aliphatic carbocycles. The minimum Gasteiger partial charge on any atom is -0.456 e. The van der Waals surface area contributed by atoms with Crippen LogP contribution in [0.1, 0.15) is 34.1 Å². The molecule has 70 heavy (non-hydrogen) atoms. The second kappa shape index (κ2) is 16.1. The highest BCUT2D eigenvalue weighted by Crippen LogP contribution is 2.57. The van der Waals surface area contributed by atoms with E-state index in [0.717, 1.165) is 72.0 Å². The molecule has 10 aromatic rings. The zero-order chi connectivity index (χ0) is 47.9. The molecule has 8 aromatic carbocycles. The van der Waals surface area contributed by atoms with Crippen LogP contribution in [-0.4, -0.2) is 12.1 Å². The Hall–Kier alpha value is -8.98. The number of furan rings is 2. The second-order valence-electron chi connectivity index (χ2n) is 19.0. The van der Waals surface area contributed by atoms with Gasteiger partial charge in [-0.15, -0.1) is 0 Å². The summed E-state index contributed by atoms with van der Waals surface area (Å²) in [5.41, 5.74) is 9.10. The van der Waals surface area contributed by atoms with E-state index in [-0.39, 0.29) is 17.7 Å². The lowest BCUT2D eigenvalue weighted by Crippen LogP contribution is -2.54. The fourth-order valence-corrected chi connectivity index (χ4v) is 10.3. The first-order valence-electron chi connectivity index (χ1n) is 23.5. The van der Waals surface area contributed by atoms with Crippen molar-refractivity contribution < 1.29 is 18.3 Å². The maximum Gasteiger partial charge on any atom is 0.154 e. The van der Waals surface area contributed by atoms with Crippen molar-refractivity contribution in [2.24, 2.45) is 5.41 Å². The van der Waals surface area contributed by atoms with Gasteiger partial charge in [-0.05, 0) is 95.1 Å². The van der Waals surface area contributed by atoms with Gasteiger partial charge in [0.2, 0.25) is 0 Å². The predicted octanol–water partition coefficient (Wildman–Crippen LogP) is 17.1. The number of nitrogens with zero attached hydrogens (tertiary/aromatic N) is 4. The van der Waals surface area contributed by atoms with Gasteiger partial charge in [0.15, 0.2) is 23.0 Å². The van der Waals surface area contributed by atoms with E-state index in [1.807, 2.05) is 84.9 Å². The number of ether oxygens (including phenoxy) is 2. The SMILES string of the molecule is C=C(/C(C#N)=C(/C#N)C(C)(CN1c2ccc(-c3ccccc3)cc2Oc2cc3oc4ccccc4c3cc21)N1c2ccc(-c3ccccc3)cc2Oc2cc3oc4ccccc4c3cc21)C(C)(C)CC. The number of benzene rings is 8. The Balaban J connectivity index is 1.16.